The highest BCUT2D eigenvalue weighted by atomic mass is 79.9. The molecule has 100 valence electrons. The Morgan fingerprint density at radius 3 is 2.78 bits per heavy atom. The number of alkyl halides is 1. The predicted octanol–water partition coefficient (Wildman–Crippen LogP) is 2.83. The predicted molar refractivity (Wildman–Crippen MR) is 77.5 cm³/mol. The molecule has 1 rings (SSSR count). The molecule has 0 heterocycles. The number of carbonyl (C=O) groups is 1. The van der Waals surface area contributed by atoms with Gasteiger partial charge < -0.3 is 10.1 Å². The fourth-order valence-electron chi connectivity index (χ4n) is 1.77. The van der Waals surface area contributed by atoms with Crippen molar-refractivity contribution in [1.82, 2.24) is 5.32 Å². The summed E-state index contributed by atoms with van der Waals surface area (Å²) >= 11 is 3.39. The number of methoxy groups -OCH3 is 1. The Hall–Kier alpha value is -0.870. The molecule has 1 N–H and O–H groups in total. The van der Waals surface area contributed by atoms with Crippen LogP contribution in [0.3, 0.4) is 0 Å². The number of halogens is 1. The molecule has 0 aliphatic rings. The summed E-state index contributed by atoms with van der Waals surface area (Å²) in [7, 11) is 1.64. The van der Waals surface area contributed by atoms with Crippen molar-refractivity contribution >= 4 is 21.8 Å². The van der Waals surface area contributed by atoms with Gasteiger partial charge in [-0.05, 0) is 31.9 Å². The molecular weight excluding hydrogens is 294 g/mol. The first-order chi connectivity index (χ1) is 8.58. The van der Waals surface area contributed by atoms with E-state index in [4.69, 9.17) is 4.74 Å². The highest BCUT2D eigenvalue weighted by molar-refractivity contribution is 9.09. The second-order valence-corrected chi connectivity index (χ2v) is 5.21. The minimum Gasteiger partial charge on any atom is -0.383 e. The first kappa shape index (κ1) is 15.2. The van der Waals surface area contributed by atoms with Gasteiger partial charge in [-0.15, -0.1) is 0 Å². The van der Waals surface area contributed by atoms with Crippen LogP contribution in [0.5, 0.6) is 0 Å². The number of benzene rings is 1. The van der Waals surface area contributed by atoms with Gasteiger partial charge in [0.25, 0.3) is 5.91 Å². The standard InChI is InChI=1S/C14H20BrNO2/c1-10-4-5-11(2)13(8-10)14(17)16-12(6-7-15)9-18-3/h4-5,8,12H,6-7,9H2,1-3H3,(H,16,17). The van der Waals surface area contributed by atoms with E-state index in [0.717, 1.165) is 28.4 Å². The smallest absolute Gasteiger partial charge is 0.251 e. The fourth-order valence-corrected chi connectivity index (χ4v) is 2.33. The van der Waals surface area contributed by atoms with E-state index in [1.165, 1.54) is 0 Å². The molecule has 1 atom stereocenters. The van der Waals surface area contributed by atoms with Crippen LogP contribution in [0.4, 0.5) is 0 Å². The number of rotatable bonds is 6. The third-order valence-corrected chi connectivity index (χ3v) is 3.26. The molecule has 0 aromatic heterocycles. The van der Waals surface area contributed by atoms with Crippen molar-refractivity contribution in [3.8, 4) is 0 Å². The molecule has 0 bridgehead atoms. The molecular formula is C14H20BrNO2. The van der Waals surface area contributed by atoms with Crippen LogP contribution in [0.1, 0.15) is 27.9 Å². The Morgan fingerprint density at radius 1 is 1.44 bits per heavy atom. The number of hydrogen-bond acceptors (Lipinski definition) is 2. The van der Waals surface area contributed by atoms with Gasteiger partial charge in [-0.1, -0.05) is 33.6 Å². The molecule has 3 nitrogen and oxygen atoms in total. The van der Waals surface area contributed by atoms with Gasteiger partial charge >= 0.3 is 0 Å². The van der Waals surface area contributed by atoms with E-state index in [9.17, 15) is 4.79 Å². The normalized spacial score (nSPS) is 12.2. The minimum absolute atomic E-state index is 0.0285. The van der Waals surface area contributed by atoms with Gasteiger partial charge in [-0.2, -0.15) is 0 Å². The lowest BCUT2D eigenvalue weighted by Gasteiger charge is -2.17. The highest BCUT2D eigenvalue weighted by Crippen LogP contribution is 2.11. The van der Waals surface area contributed by atoms with E-state index < -0.39 is 0 Å². The van der Waals surface area contributed by atoms with Crippen LogP contribution in [0, 0.1) is 13.8 Å². The lowest BCUT2D eigenvalue weighted by molar-refractivity contribution is 0.0895. The Kier molecular flexibility index (Phi) is 6.36. The van der Waals surface area contributed by atoms with Crippen molar-refractivity contribution in [1.29, 1.82) is 0 Å². The third kappa shape index (κ3) is 4.42. The molecule has 4 heteroatoms. The number of carbonyl (C=O) groups excluding carboxylic acids is 1. The van der Waals surface area contributed by atoms with Crippen molar-refractivity contribution in [2.24, 2.45) is 0 Å². The molecule has 1 unspecified atom stereocenters. The van der Waals surface area contributed by atoms with E-state index in [2.05, 4.69) is 21.2 Å². The second-order valence-electron chi connectivity index (χ2n) is 4.42. The first-order valence-electron chi connectivity index (χ1n) is 6.01. The Morgan fingerprint density at radius 2 is 2.17 bits per heavy atom. The lowest BCUT2D eigenvalue weighted by atomic mass is 10.0. The summed E-state index contributed by atoms with van der Waals surface area (Å²) in [6.07, 6.45) is 0.852. The topological polar surface area (TPSA) is 38.3 Å². The molecule has 0 saturated carbocycles. The van der Waals surface area contributed by atoms with Gasteiger partial charge in [-0.25, -0.2) is 0 Å². The largest absolute Gasteiger partial charge is 0.383 e. The van der Waals surface area contributed by atoms with Crippen LogP contribution in [0.15, 0.2) is 18.2 Å². The molecule has 0 aliphatic carbocycles. The zero-order valence-electron chi connectivity index (χ0n) is 11.1. The van der Waals surface area contributed by atoms with Gasteiger partial charge in [0.2, 0.25) is 0 Å². The van der Waals surface area contributed by atoms with E-state index in [1.54, 1.807) is 7.11 Å². The fraction of sp³-hybridized carbons (Fsp3) is 0.500. The first-order valence-corrected chi connectivity index (χ1v) is 7.13. The van der Waals surface area contributed by atoms with Crippen LogP contribution in [-0.2, 0) is 4.74 Å². The minimum atomic E-state index is -0.0285. The monoisotopic (exact) mass is 313 g/mol. The molecule has 1 amide bonds. The van der Waals surface area contributed by atoms with Crippen molar-refractivity contribution in [3.05, 3.63) is 34.9 Å². The van der Waals surface area contributed by atoms with Gasteiger partial charge in [0, 0.05) is 18.0 Å². The van der Waals surface area contributed by atoms with Crippen molar-refractivity contribution < 1.29 is 9.53 Å². The molecule has 0 saturated heterocycles. The summed E-state index contributed by atoms with van der Waals surface area (Å²) in [5.74, 6) is -0.0285. The van der Waals surface area contributed by atoms with E-state index >= 15 is 0 Å². The maximum Gasteiger partial charge on any atom is 0.251 e. The van der Waals surface area contributed by atoms with Crippen LogP contribution < -0.4 is 5.32 Å². The Balaban J connectivity index is 2.76. The Bertz CT molecular complexity index is 401. The molecule has 0 aliphatic heterocycles. The number of nitrogens with one attached hydrogen (secondary N) is 1. The average molecular weight is 314 g/mol. The van der Waals surface area contributed by atoms with E-state index in [0.29, 0.717) is 6.61 Å². The number of amides is 1. The number of hydrogen-bond donors (Lipinski definition) is 1. The average Bonchev–Trinajstić information content (AvgIpc) is 2.33. The van der Waals surface area contributed by atoms with Gasteiger partial charge in [-0.3, -0.25) is 4.79 Å². The van der Waals surface area contributed by atoms with Crippen molar-refractivity contribution in [3.63, 3.8) is 0 Å². The maximum atomic E-state index is 12.2. The van der Waals surface area contributed by atoms with Gasteiger partial charge in [0.15, 0.2) is 0 Å². The van der Waals surface area contributed by atoms with E-state index in [-0.39, 0.29) is 11.9 Å². The summed E-state index contributed by atoms with van der Waals surface area (Å²) in [5, 5.41) is 3.85. The zero-order chi connectivity index (χ0) is 13.5. The summed E-state index contributed by atoms with van der Waals surface area (Å²) in [6, 6.07) is 5.95. The van der Waals surface area contributed by atoms with Crippen LogP contribution >= 0.6 is 15.9 Å². The lowest BCUT2D eigenvalue weighted by Crippen LogP contribution is -2.38. The summed E-state index contributed by atoms with van der Waals surface area (Å²) in [4.78, 5) is 12.2. The maximum absolute atomic E-state index is 12.2. The van der Waals surface area contributed by atoms with Gasteiger partial charge in [0.1, 0.15) is 0 Å². The van der Waals surface area contributed by atoms with Crippen molar-refractivity contribution in [2.75, 3.05) is 19.0 Å². The number of ether oxygens (including phenoxy) is 1. The molecule has 0 fully saturated rings. The third-order valence-electron chi connectivity index (χ3n) is 2.80. The van der Waals surface area contributed by atoms with Gasteiger partial charge in [0.05, 0.1) is 12.6 Å². The molecule has 1 aromatic rings. The molecule has 0 spiro atoms. The zero-order valence-corrected chi connectivity index (χ0v) is 12.7. The molecule has 18 heavy (non-hydrogen) atoms. The summed E-state index contributed by atoms with van der Waals surface area (Å²) in [5.41, 5.74) is 2.83. The summed E-state index contributed by atoms with van der Waals surface area (Å²) < 4.78 is 5.11. The SMILES string of the molecule is COCC(CCBr)NC(=O)c1cc(C)ccc1C. The molecule has 0 radical (unpaired) electrons. The van der Waals surface area contributed by atoms with Crippen LogP contribution in [0.25, 0.3) is 0 Å². The van der Waals surface area contributed by atoms with E-state index in [1.807, 2.05) is 32.0 Å². The quantitative estimate of drug-likeness (QED) is 0.820. The summed E-state index contributed by atoms with van der Waals surface area (Å²) in [6.45, 7) is 4.47. The molecule has 1 aromatic carbocycles. The number of aryl methyl sites for hydroxylation is 2. The highest BCUT2D eigenvalue weighted by Gasteiger charge is 2.14. The van der Waals surface area contributed by atoms with Crippen LogP contribution in [-0.4, -0.2) is 31.0 Å². The van der Waals surface area contributed by atoms with Crippen molar-refractivity contribution in [2.45, 2.75) is 26.3 Å². The van der Waals surface area contributed by atoms with Crippen LogP contribution in [0.2, 0.25) is 0 Å². The Labute approximate surface area is 117 Å². The second kappa shape index (κ2) is 7.54.